The van der Waals surface area contributed by atoms with Gasteiger partial charge < -0.3 is 10.2 Å². The van der Waals surface area contributed by atoms with E-state index in [0.717, 1.165) is 11.3 Å². The smallest absolute Gasteiger partial charge is 0.345 e. The van der Waals surface area contributed by atoms with E-state index >= 15 is 0 Å². The van der Waals surface area contributed by atoms with Gasteiger partial charge in [0.15, 0.2) is 0 Å². The summed E-state index contributed by atoms with van der Waals surface area (Å²) in [7, 11) is 0. The molecule has 4 heteroatoms. The number of rotatable bonds is 1. The molecule has 0 radical (unpaired) electrons. The highest BCUT2D eigenvalue weighted by molar-refractivity contribution is 7.14. The molecule has 0 aliphatic rings. The Morgan fingerprint density at radius 3 is 2.77 bits per heavy atom. The summed E-state index contributed by atoms with van der Waals surface area (Å²) in [6, 6.07) is 3.13. The zero-order valence-electron chi connectivity index (χ0n) is 6.94. The quantitative estimate of drug-likeness (QED) is 0.663. The van der Waals surface area contributed by atoms with Crippen LogP contribution in [0.15, 0.2) is 12.1 Å². The first-order valence-corrected chi connectivity index (χ1v) is 4.44. The van der Waals surface area contributed by atoms with Gasteiger partial charge in [-0.3, -0.25) is 0 Å². The molecule has 1 aromatic rings. The van der Waals surface area contributed by atoms with Gasteiger partial charge in [0.05, 0.1) is 4.88 Å². The average Bonchev–Trinajstić information content (AvgIpc) is 2.48. The molecule has 1 heterocycles. The number of aliphatic hydroxyl groups excluding tert-OH is 1. The first kappa shape index (κ1) is 9.78. The van der Waals surface area contributed by atoms with E-state index in [1.54, 1.807) is 13.0 Å². The summed E-state index contributed by atoms with van der Waals surface area (Å²) in [6.45, 7) is 1.55. The molecule has 0 saturated carbocycles. The van der Waals surface area contributed by atoms with Crippen molar-refractivity contribution in [1.82, 2.24) is 0 Å². The Bertz CT molecular complexity index is 368. The lowest BCUT2D eigenvalue weighted by atomic mass is 10.3. The molecule has 0 amide bonds. The van der Waals surface area contributed by atoms with Crippen LogP contribution in [-0.2, 0) is 0 Å². The highest BCUT2D eigenvalue weighted by atomic mass is 32.1. The van der Waals surface area contributed by atoms with E-state index in [1.807, 2.05) is 0 Å². The Hall–Kier alpha value is -1.31. The number of thiophene rings is 1. The second kappa shape index (κ2) is 4.08. The van der Waals surface area contributed by atoms with Crippen molar-refractivity contribution < 1.29 is 15.0 Å². The maximum atomic E-state index is 10.5. The highest BCUT2D eigenvalue weighted by Crippen LogP contribution is 2.14. The fourth-order valence-electron chi connectivity index (χ4n) is 0.696. The van der Waals surface area contributed by atoms with Gasteiger partial charge in [0.25, 0.3) is 0 Å². The van der Waals surface area contributed by atoms with Gasteiger partial charge >= 0.3 is 5.97 Å². The largest absolute Gasteiger partial charge is 0.477 e. The lowest BCUT2D eigenvalue weighted by molar-refractivity contribution is 0.0702. The summed E-state index contributed by atoms with van der Waals surface area (Å²) in [5.41, 5.74) is 0. The number of carboxylic acids is 1. The topological polar surface area (TPSA) is 57.5 Å². The van der Waals surface area contributed by atoms with Crippen molar-refractivity contribution in [2.24, 2.45) is 0 Å². The van der Waals surface area contributed by atoms with Crippen molar-refractivity contribution in [1.29, 1.82) is 0 Å². The summed E-state index contributed by atoms with van der Waals surface area (Å²) in [6.07, 6.45) is -0.685. The predicted molar refractivity (Wildman–Crippen MR) is 49.8 cm³/mol. The summed E-state index contributed by atoms with van der Waals surface area (Å²) < 4.78 is 0. The lowest BCUT2D eigenvalue weighted by Gasteiger charge is -1.85. The van der Waals surface area contributed by atoms with Crippen LogP contribution in [0.3, 0.4) is 0 Å². The second-order valence-corrected chi connectivity index (χ2v) is 3.50. The highest BCUT2D eigenvalue weighted by Gasteiger charge is 2.04. The van der Waals surface area contributed by atoms with Crippen LogP contribution in [0, 0.1) is 11.8 Å². The Morgan fingerprint density at radius 1 is 1.62 bits per heavy atom. The van der Waals surface area contributed by atoms with E-state index in [1.165, 1.54) is 6.07 Å². The summed E-state index contributed by atoms with van der Waals surface area (Å²) in [5, 5.41) is 17.4. The molecular formula is C9H8O3S. The Balaban J connectivity index is 2.83. The van der Waals surface area contributed by atoms with Gasteiger partial charge in [-0.2, -0.15) is 0 Å². The molecule has 68 valence electrons. The van der Waals surface area contributed by atoms with E-state index in [2.05, 4.69) is 11.8 Å². The Morgan fingerprint density at radius 2 is 2.31 bits per heavy atom. The standard InChI is InChI=1S/C9H8O3S/c1-6(10)2-3-7-4-5-8(13-7)9(11)12/h4-6,10H,1H3,(H,11,12). The number of aromatic carboxylic acids is 1. The Labute approximate surface area is 79.6 Å². The van der Waals surface area contributed by atoms with Gasteiger partial charge in [-0.1, -0.05) is 11.8 Å². The molecule has 0 saturated heterocycles. The molecular weight excluding hydrogens is 188 g/mol. The molecule has 1 rings (SSSR count). The summed E-state index contributed by atoms with van der Waals surface area (Å²) in [5.74, 6) is 4.26. The zero-order valence-corrected chi connectivity index (χ0v) is 7.76. The number of aliphatic hydroxyl groups is 1. The molecule has 3 nitrogen and oxygen atoms in total. The fourth-order valence-corrected chi connectivity index (χ4v) is 1.40. The van der Waals surface area contributed by atoms with Gasteiger partial charge in [-0.15, -0.1) is 11.3 Å². The number of hydrogen-bond acceptors (Lipinski definition) is 3. The van der Waals surface area contributed by atoms with Gasteiger partial charge in [0.2, 0.25) is 0 Å². The molecule has 0 aromatic carbocycles. The Kier molecular flexibility index (Phi) is 3.07. The average molecular weight is 196 g/mol. The van der Waals surface area contributed by atoms with E-state index in [4.69, 9.17) is 10.2 Å². The van der Waals surface area contributed by atoms with Gasteiger partial charge in [0.1, 0.15) is 11.0 Å². The van der Waals surface area contributed by atoms with Gasteiger partial charge in [-0.05, 0) is 19.1 Å². The third kappa shape index (κ3) is 2.90. The van der Waals surface area contributed by atoms with Crippen molar-refractivity contribution in [3.05, 3.63) is 21.9 Å². The van der Waals surface area contributed by atoms with Crippen LogP contribution in [0.4, 0.5) is 0 Å². The van der Waals surface area contributed by atoms with Crippen LogP contribution in [0.1, 0.15) is 21.5 Å². The number of carbonyl (C=O) groups is 1. The van der Waals surface area contributed by atoms with Crippen molar-refractivity contribution in [2.75, 3.05) is 0 Å². The van der Waals surface area contributed by atoms with Crippen LogP contribution >= 0.6 is 11.3 Å². The van der Waals surface area contributed by atoms with Crippen LogP contribution in [0.5, 0.6) is 0 Å². The minimum Gasteiger partial charge on any atom is -0.477 e. The summed E-state index contributed by atoms with van der Waals surface area (Å²) >= 11 is 1.10. The molecule has 0 aliphatic carbocycles. The number of hydrogen-bond donors (Lipinski definition) is 2. The molecule has 0 spiro atoms. The molecule has 2 N–H and O–H groups in total. The van der Waals surface area contributed by atoms with Gasteiger partial charge in [0, 0.05) is 0 Å². The molecule has 1 unspecified atom stereocenters. The van der Waals surface area contributed by atoms with Crippen LogP contribution in [-0.4, -0.2) is 22.3 Å². The van der Waals surface area contributed by atoms with E-state index in [9.17, 15) is 4.79 Å². The third-order valence-corrected chi connectivity index (χ3v) is 2.21. The third-order valence-electron chi connectivity index (χ3n) is 1.22. The van der Waals surface area contributed by atoms with Crippen molar-refractivity contribution in [3.8, 4) is 11.8 Å². The fraction of sp³-hybridized carbons (Fsp3) is 0.222. The maximum Gasteiger partial charge on any atom is 0.345 e. The number of carboxylic acid groups (broad SMARTS) is 1. The lowest BCUT2D eigenvalue weighted by Crippen LogP contribution is -1.92. The predicted octanol–water partition coefficient (Wildman–Crippen LogP) is 1.18. The maximum absolute atomic E-state index is 10.5. The van der Waals surface area contributed by atoms with E-state index in [0.29, 0.717) is 4.88 Å². The normalized spacial score (nSPS) is 11.5. The minimum absolute atomic E-state index is 0.259. The van der Waals surface area contributed by atoms with Gasteiger partial charge in [-0.25, -0.2) is 4.79 Å². The molecule has 1 aromatic heterocycles. The van der Waals surface area contributed by atoms with Crippen LogP contribution < -0.4 is 0 Å². The van der Waals surface area contributed by atoms with Crippen molar-refractivity contribution >= 4 is 17.3 Å². The van der Waals surface area contributed by atoms with E-state index in [-0.39, 0.29) is 4.88 Å². The first-order valence-electron chi connectivity index (χ1n) is 3.62. The summed E-state index contributed by atoms with van der Waals surface area (Å²) in [4.78, 5) is 11.4. The molecule has 1 atom stereocenters. The van der Waals surface area contributed by atoms with Crippen molar-refractivity contribution in [2.45, 2.75) is 13.0 Å². The zero-order chi connectivity index (χ0) is 9.84. The molecule has 0 bridgehead atoms. The van der Waals surface area contributed by atoms with Crippen LogP contribution in [0.25, 0.3) is 0 Å². The van der Waals surface area contributed by atoms with Crippen molar-refractivity contribution in [3.63, 3.8) is 0 Å². The molecule has 13 heavy (non-hydrogen) atoms. The monoisotopic (exact) mass is 196 g/mol. The van der Waals surface area contributed by atoms with Crippen LogP contribution in [0.2, 0.25) is 0 Å². The molecule has 0 fully saturated rings. The van der Waals surface area contributed by atoms with E-state index < -0.39 is 12.1 Å². The molecule has 0 aliphatic heterocycles. The SMILES string of the molecule is CC(O)C#Cc1ccc(C(=O)O)s1. The minimum atomic E-state index is -0.949. The second-order valence-electron chi connectivity index (χ2n) is 2.41. The first-order chi connectivity index (χ1) is 6.09.